The van der Waals surface area contributed by atoms with Crippen molar-refractivity contribution in [2.24, 2.45) is 5.92 Å². The van der Waals surface area contributed by atoms with E-state index in [-0.39, 0.29) is 29.9 Å². The second-order valence-electron chi connectivity index (χ2n) is 7.96. The van der Waals surface area contributed by atoms with Crippen LogP contribution >= 0.6 is 11.3 Å². The first-order valence-electron chi connectivity index (χ1n) is 9.69. The maximum absolute atomic E-state index is 13.1. The van der Waals surface area contributed by atoms with Crippen molar-refractivity contribution in [2.75, 3.05) is 19.7 Å². The van der Waals surface area contributed by atoms with Crippen LogP contribution in [0.4, 0.5) is 0 Å². The van der Waals surface area contributed by atoms with Crippen molar-refractivity contribution < 1.29 is 19.1 Å². The van der Waals surface area contributed by atoms with E-state index in [2.05, 4.69) is 5.32 Å². The van der Waals surface area contributed by atoms with Crippen LogP contribution in [0.15, 0.2) is 17.5 Å². The number of nitrogens with zero attached hydrogens (tertiary/aromatic N) is 2. The number of carbonyl (C=O) groups is 3. The molecule has 3 saturated heterocycles. The number of hydrogen-bond donors (Lipinski definition) is 1. The van der Waals surface area contributed by atoms with Crippen molar-refractivity contribution in [1.29, 1.82) is 0 Å². The number of piperazine rings is 1. The SMILES string of the molecule is O=C(NC1CCN2C(=O)C3CC(OCC4CC4)CN3C(=O)C12)c1cccs1. The van der Waals surface area contributed by atoms with Crippen LogP contribution in [0.3, 0.4) is 0 Å². The average Bonchev–Trinajstić information content (AvgIpc) is 3.08. The van der Waals surface area contributed by atoms with Gasteiger partial charge in [0.25, 0.3) is 5.91 Å². The van der Waals surface area contributed by atoms with E-state index >= 15 is 0 Å². The van der Waals surface area contributed by atoms with Gasteiger partial charge in [0.05, 0.1) is 17.0 Å². The van der Waals surface area contributed by atoms with Gasteiger partial charge in [-0.2, -0.15) is 0 Å². The minimum Gasteiger partial charge on any atom is -0.376 e. The molecule has 5 rings (SSSR count). The van der Waals surface area contributed by atoms with Gasteiger partial charge in [0.15, 0.2) is 0 Å². The lowest BCUT2D eigenvalue weighted by Gasteiger charge is -2.40. The molecule has 0 spiro atoms. The van der Waals surface area contributed by atoms with E-state index in [9.17, 15) is 14.4 Å². The number of nitrogens with one attached hydrogen (secondary N) is 1. The largest absolute Gasteiger partial charge is 0.376 e. The van der Waals surface area contributed by atoms with E-state index < -0.39 is 12.1 Å². The predicted molar refractivity (Wildman–Crippen MR) is 98.3 cm³/mol. The zero-order valence-corrected chi connectivity index (χ0v) is 15.8. The molecule has 8 heteroatoms. The molecule has 3 aliphatic heterocycles. The van der Waals surface area contributed by atoms with Gasteiger partial charge in [0.1, 0.15) is 12.1 Å². The molecule has 1 aliphatic carbocycles. The molecule has 1 saturated carbocycles. The summed E-state index contributed by atoms with van der Waals surface area (Å²) in [6.45, 7) is 1.74. The molecular formula is C19H23N3O4S. The molecule has 0 bridgehead atoms. The standard InChI is InChI=1S/C19H23N3O4S/c23-17(15-2-1-7-27-15)20-13-5-6-21-16(13)19(25)22-9-12(8-14(22)18(21)24)26-10-11-3-4-11/h1-2,7,11-14,16H,3-6,8-10H2,(H,20,23). The molecule has 0 aromatic carbocycles. The van der Waals surface area contributed by atoms with Crippen molar-refractivity contribution in [3.05, 3.63) is 22.4 Å². The Labute approximate surface area is 161 Å². The Kier molecular flexibility index (Phi) is 4.20. The molecule has 144 valence electrons. The highest BCUT2D eigenvalue weighted by molar-refractivity contribution is 7.12. The average molecular weight is 389 g/mol. The van der Waals surface area contributed by atoms with Gasteiger partial charge in [0, 0.05) is 26.1 Å². The van der Waals surface area contributed by atoms with E-state index in [1.807, 2.05) is 11.4 Å². The molecule has 7 nitrogen and oxygen atoms in total. The van der Waals surface area contributed by atoms with E-state index in [1.54, 1.807) is 15.9 Å². The third kappa shape index (κ3) is 3.04. The number of ether oxygens (including phenoxy) is 1. The smallest absolute Gasteiger partial charge is 0.261 e. The summed E-state index contributed by atoms with van der Waals surface area (Å²) in [5, 5.41) is 4.82. The Morgan fingerprint density at radius 3 is 2.81 bits per heavy atom. The minimum atomic E-state index is -0.583. The van der Waals surface area contributed by atoms with E-state index in [1.165, 1.54) is 24.2 Å². The van der Waals surface area contributed by atoms with Crippen molar-refractivity contribution >= 4 is 29.1 Å². The highest BCUT2D eigenvalue weighted by atomic mass is 32.1. The first-order valence-corrected chi connectivity index (χ1v) is 10.6. The van der Waals surface area contributed by atoms with Crippen LogP contribution in [0.5, 0.6) is 0 Å². The fourth-order valence-electron chi connectivity index (χ4n) is 4.46. The van der Waals surface area contributed by atoms with Gasteiger partial charge in [-0.3, -0.25) is 14.4 Å². The van der Waals surface area contributed by atoms with Crippen LogP contribution in [0.1, 0.15) is 35.4 Å². The molecule has 0 radical (unpaired) electrons. The summed E-state index contributed by atoms with van der Waals surface area (Å²) < 4.78 is 5.94. The van der Waals surface area contributed by atoms with Gasteiger partial charge < -0.3 is 19.9 Å². The Morgan fingerprint density at radius 2 is 2.07 bits per heavy atom. The van der Waals surface area contributed by atoms with Crippen molar-refractivity contribution in [2.45, 2.75) is 49.9 Å². The van der Waals surface area contributed by atoms with Gasteiger partial charge in [0.2, 0.25) is 11.8 Å². The molecule has 4 heterocycles. The monoisotopic (exact) mass is 389 g/mol. The molecule has 4 aliphatic rings. The van der Waals surface area contributed by atoms with E-state index in [0.29, 0.717) is 36.7 Å². The lowest BCUT2D eigenvalue weighted by Crippen LogP contribution is -2.64. The summed E-state index contributed by atoms with van der Waals surface area (Å²) >= 11 is 1.37. The third-order valence-corrected chi connectivity index (χ3v) is 6.96. The summed E-state index contributed by atoms with van der Waals surface area (Å²) in [5.41, 5.74) is 0. The Balaban J connectivity index is 1.28. The maximum Gasteiger partial charge on any atom is 0.261 e. The predicted octanol–water partition coefficient (Wildman–Crippen LogP) is 0.857. The van der Waals surface area contributed by atoms with Gasteiger partial charge in [-0.15, -0.1) is 11.3 Å². The first-order chi connectivity index (χ1) is 13.1. The molecule has 4 atom stereocenters. The Morgan fingerprint density at radius 1 is 1.22 bits per heavy atom. The minimum absolute atomic E-state index is 0.00462. The Hall–Kier alpha value is -1.93. The van der Waals surface area contributed by atoms with Crippen LogP contribution in [0.2, 0.25) is 0 Å². The van der Waals surface area contributed by atoms with Crippen LogP contribution in [0, 0.1) is 5.92 Å². The van der Waals surface area contributed by atoms with E-state index in [4.69, 9.17) is 4.74 Å². The lowest BCUT2D eigenvalue weighted by atomic mass is 10.0. The lowest BCUT2D eigenvalue weighted by molar-refractivity contribution is -0.157. The molecule has 27 heavy (non-hydrogen) atoms. The Bertz CT molecular complexity index is 763. The molecule has 1 aromatic heterocycles. The molecule has 3 amide bonds. The molecule has 1 aromatic rings. The zero-order valence-electron chi connectivity index (χ0n) is 15.0. The number of rotatable bonds is 5. The summed E-state index contributed by atoms with van der Waals surface area (Å²) in [7, 11) is 0. The highest BCUT2D eigenvalue weighted by Crippen LogP contribution is 2.35. The number of thiophene rings is 1. The maximum atomic E-state index is 13.1. The van der Waals surface area contributed by atoms with Crippen LogP contribution in [0.25, 0.3) is 0 Å². The van der Waals surface area contributed by atoms with Crippen LogP contribution in [-0.4, -0.2) is 71.4 Å². The fourth-order valence-corrected chi connectivity index (χ4v) is 5.08. The number of amides is 3. The summed E-state index contributed by atoms with van der Waals surface area (Å²) in [5.74, 6) is 0.441. The summed E-state index contributed by atoms with van der Waals surface area (Å²) in [6.07, 6.45) is 3.59. The van der Waals surface area contributed by atoms with Crippen molar-refractivity contribution in [3.63, 3.8) is 0 Å². The molecule has 1 N–H and O–H groups in total. The summed E-state index contributed by atoms with van der Waals surface area (Å²) in [6, 6.07) is 2.28. The van der Waals surface area contributed by atoms with Gasteiger partial charge >= 0.3 is 0 Å². The topological polar surface area (TPSA) is 79.0 Å². The van der Waals surface area contributed by atoms with E-state index in [0.717, 1.165) is 6.61 Å². The number of carbonyl (C=O) groups excluding carboxylic acids is 3. The molecular weight excluding hydrogens is 366 g/mol. The van der Waals surface area contributed by atoms with Crippen LogP contribution in [-0.2, 0) is 14.3 Å². The van der Waals surface area contributed by atoms with Crippen molar-refractivity contribution in [3.8, 4) is 0 Å². The second-order valence-corrected chi connectivity index (χ2v) is 8.91. The van der Waals surface area contributed by atoms with Gasteiger partial charge in [-0.25, -0.2) is 0 Å². The number of fused-ring (bicyclic) bond motifs is 2. The quantitative estimate of drug-likeness (QED) is 0.810. The van der Waals surface area contributed by atoms with Gasteiger partial charge in [-0.1, -0.05) is 6.07 Å². The van der Waals surface area contributed by atoms with Crippen LogP contribution < -0.4 is 5.32 Å². The second kappa shape index (κ2) is 6.60. The fraction of sp³-hybridized carbons (Fsp3) is 0.632. The zero-order chi connectivity index (χ0) is 18.5. The van der Waals surface area contributed by atoms with Gasteiger partial charge in [-0.05, 0) is 36.6 Å². The van der Waals surface area contributed by atoms with Crippen molar-refractivity contribution in [1.82, 2.24) is 15.1 Å². The summed E-state index contributed by atoms with van der Waals surface area (Å²) in [4.78, 5) is 42.5. The third-order valence-electron chi connectivity index (χ3n) is 6.09. The molecule has 4 unspecified atom stereocenters. The number of hydrogen-bond acceptors (Lipinski definition) is 5. The first kappa shape index (κ1) is 17.2. The molecule has 4 fully saturated rings. The normalized spacial score (nSPS) is 32.6. The highest BCUT2D eigenvalue weighted by Gasteiger charge is 2.55.